The summed E-state index contributed by atoms with van der Waals surface area (Å²) in [6.45, 7) is 6.47. The number of rotatable bonds is 8. The molecule has 6 heteroatoms. The van der Waals surface area contributed by atoms with E-state index in [0.29, 0.717) is 18.1 Å². The van der Waals surface area contributed by atoms with Crippen molar-refractivity contribution >= 4 is 38.7 Å². The number of thiazole rings is 1. The van der Waals surface area contributed by atoms with Crippen molar-refractivity contribution in [3.8, 4) is 0 Å². The maximum absolute atomic E-state index is 11.0. The molecule has 1 heterocycles. The summed E-state index contributed by atoms with van der Waals surface area (Å²) in [5.41, 5.74) is 2.10. The van der Waals surface area contributed by atoms with E-state index in [4.69, 9.17) is 4.98 Å². The molecule has 1 aromatic carbocycles. The fourth-order valence-electron chi connectivity index (χ4n) is 2.47. The first-order chi connectivity index (χ1) is 10.2. The summed E-state index contributed by atoms with van der Waals surface area (Å²) in [5.74, 6) is 0. The summed E-state index contributed by atoms with van der Waals surface area (Å²) >= 11 is 2.20. The first-order valence-electron chi connectivity index (χ1n) is 7.65. The minimum Gasteiger partial charge on any atom is -0.795 e. The van der Waals surface area contributed by atoms with E-state index in [0.717, 1.165) is 32.2 Å². The van der Waals surface area contributed by atoms with Gasteiger partial charge in [-0.05, 0) is 42.4 Å². The Morgan fingerprint density at radius 1 is 1.32 bits per heavy atom. The Labute approximate surface area is 163 Å². The molecule has 0 unspecified atom stereocenters. The Morgan fingerprint density at radius 3 is 2.73 bits per heavy atom. The fraction of sp³-hybridized carbons (Fsp3) is 0.562. The van der Waals surface area contributed by atoms with E-state index in [1.807, 2.05) is 19.1 Å². The van der Waals surface area contributed by atoms with Gasteiger partial charge in [-0.1, -0.05) is 44.4 Å². The Balaban J connectivity index is 0.00000242. The van der Waals surface area contributed by atoms with Crippen LogP contribution in [-0.4, -0.2) is 15.6 Å². The second-order valence-corrected chi connectivity index (χ2v) is 7.10. The molecule has 22 heavy (non-hydrogen) atoms. The average Bonchev–Trinajstić information content (AvgIpc) is 2.89. The van der Waals surface area contributed by atoms with E-state index in [9.17, 15) is 4.55 Å². The number of nitrogens with one attached hydrogen (secondary N) is 1. The van der Waals surface area contributed by atoms with Crippen LogP contribution < -0.4 is 34.9 Å². The second kappa shape index (κ2) is 10.2. The third-order valence-electron chi connectivity index (χ3n) is 3.73. The van der Waals surface area contributed by atoms with Crippen LogP contribution in [0.2, 0.25) is 0 Å². The summed E-state index contributed by atoms with van der Waals surface area (Å²) in [6, 6.07) is 4.36. The van der Waals surface area contributed by atoms with Gasteiger partial charge in [0.15, 0.2) is 5.13 Å². The molecule has 0 saturated heterocycles. The van der Waals surface area contributed by atoms with E-state index < -0.39 is 0 Å². The minimum absolute atomic E-state index is 0. The Bertz CT molecular complexity index is 589. The standard InChI is InChI=1S/C16H24N2OS2.Na/c1-4-6-7-8-12(5-2)17-16-18-15-11(3)9-13(21-19)10-14(15)20-16;/h9-10,12,19H,4-8H2,1-3H3,(H,17,18);/q;+1/p-1/t12-;/m1./s1. The van der Waals surface area contributed by atoms with Gasteiger partial charge >= 0.3 is 29.6 Å². The molecule has 0 aliphatic heterocycles. The Morgan fingerprint density at radius 2 is 2.09 bits per heavy atom. The molecule has 2 rings (SSSR count). The fourth-order valence-corrected chi connectivity index (χ4v) is 3.99. The van der Waals surface area contributed by atoms with Gasteiger partial charge < -0.3 is 9.87 Å². The number of hydrogen-bond acceptors (Lipinski definition) is 5. The molecular formula is C16H23N2NaOS2. The predicted octanol–water partition coefficient (Wildman–Crippen LogP) is 2.60. The van der Waals surface area contributed by atoms with Crippen LogP contribution in [0.1, 0.15) is 51.5 Å². The molecule has 1 N–H and O–H groups in total. The van der Waals surface area contributed by atoms with Crippen molar-refractivity contribution in [3.63, 3.8) is 0 Å². The second-order valence-electron chi connectivity index (χ2n) is 5.43. The van der Waals surface area contributed by atoms with E-state index in [-0.39, 0.29) is 29.6 Å². The molecule has 0 aliphatic rings. The summed E-state index contributed by atoms with van der Waals surface area (Å²) < 4.78 is 12.1. The van der Waals surface area contributed by atoms with Gasteiger partial charge in [0, 0.05) is 6.04 Å². The molecule has 1 atom stereocenters. The van der Waals surface area contributed by atoms with Crippen molar-refractivity contribution in [2.75, 3.05) is 5.32 Å². The maximum Gasteiger partial charge on any atom is 1.00 e. The number of aryl methyl sites for hydroxylation is 1. The summed E-state index contributed by atoms with van der Waals surface area (Å²) in [5, 5.41) is 4.54. The van der Waals surface area contributed by atoms with E-state index >= 15 is 0 Å². The van der Waals surface area contributed by atoms with Crippen LogP contribution in [0.3, 0.4) is 0 Å². The van der Waals surface area contributed by atoms with Crippen LogP contribution in [0.5, 0.6) is 0 Å². The van der Waals surface area contributed by atoms with Gasteiger partial charge in [-0.15, -0.1) is 0 Å². The predicted molar refractivity (Wildman–Crippen MR) is 92.8 cm³/mol. The van der Waals surface area contributed by atoms with Gasteiger partial charge in [0.25, 0.3) is 0 Å². The zero-order valence-corrected chi connectivity index (χ0v) is 17.6. The van der Waals surface area contributed by atoms with Crippen LogP contribution in [0.15, 0.2) is 17.0 Å². The van der Waals surface area contributed by atoms with Crippen molar-refractivity contribution in [3.05, 3.63) is 17.7 Å². The quantitative estimate of drug-likeness (QED) is 0.453. The molecule has 116 valence electrons. The van der Waals surface area contributed by atoms with Crippen molar-refractivity contribution in [1.82, 2.24) is 4.98 Å². The normalized spacial score (nSPS) is 12.2. The van der Waals surface area contributed by atoms with Gasteiger partial charge in [-0.2, -0.15) is 0 Å². The first kappa shape index (κ1) is 20.3. The van der Waals surface area contributed by atoms with Gasteiger partial charge in [0.05, 0.1) is 10.2 Å². The molecule has 0 saturated carbocycles. The Hall–Kier alpha value is 0.220. The number of anilines is 1. The van der Waals surface area contributed by atoms with Crippen molar-refractivity contribution < 1.29 is 34.1 Å². The third-order valence-corrected chi connectivity index (χ3v) is 5.09. The summed E-state index contributed by atoms with van der Waals surface area (Å²) in [4.78, 5) is 5.47. The third kappa shape index (κ3) is 5.39. The van der Waals surface area contributed by atoms with Gasteiger partial charge in [-0.25, -0.2) is 17.0 Å². The molecule has 0 spiro atoms. The monoisotopic (exact) mass is 346 g/mol. The SMILES string of the molecule is CCCCC[C@@H](CC)Nc1nc2c(C)cc(S[O-])cc2s1.[Na+]. The number of aromatic nitrogens is 1. The largest absolute Gasteiger partial charge is 1.00 e. The van der Waals surface area contributed by atoms with Crippen LogP contribution in [0, 0.1) is 6.92 Å². The average molecular weight is 346 g/mol. The van der Waals surface area contributed by atoms with Crippen molar-refractivity contribution in [2.45, 2.75) is 63.8 Å². The van der Waals surface area contributed by atoms with E-state index in [2.05, 4.69) is 19.2 Å². The summed E-state index contributed by atoms with van der Waals surface area (Å²) in [6.07, 6.45) is 6.12. The molecular weight excluding hydrogens is 323 g/mol. The minimum atomic E-state index is 0. The number of benzene rings is 1. The van der Waals surface area contributed by atoms with Crippen molar-refractivity contribution in [2.24, 2.45) is 0 Å². The molecule has 0 radical (unpaired) electrons. The number of unbranched alkanes of at least 4 members (excludes halogenated alkanes) is 2. The topological polar surface area (TPSA) is 48.0 Å². The zero-order valence-electron chi connectivity index (χ0n) is 13.9. The van der Waals surface area contributed by atoms with E-state index in [1.54, 1.807) is 11.3 Å². The number of fused-ring (bicyclic) bond motifs is 1. The maximum atomic E-state index is 11.0. The van der Waals surface area contributed by atoms with Crippen LogP contribution in [0.4, 0.5) is 5.13 Å². The van der Waals surface area contributed by atoms with Crippen LogP contribution >= 0.6 is 23.4 Å². The van der Waals surface area contributed by atoms with Gasteiger partial charge in [0.2, 0.25) is 0 Å². The number of hydrogen-bond donors (Lipinski definition) is 1. The molecule has 0 fully saturated rings. The van der Waals surface area contributed by atoms with E-state index in [1.165, 1.54) is 25.7 Å². The molecule has 1 aromatic heterocycles. The first-order valence-corrected chi connectivity index (χ1v) is 9.21. The molecule has 0 amide bonds. The van der Waals surface area contributed by atoms with Crippen molar-refractivity contribution in [1.29, 1.82) is 0 Å². The van der Waals surface area contributed by atoms with Crippen LogP contribution in [-0.2, 0) is 0 Å². The van der Waals surface area contributed by atoms with Gasteiger partial charge in [-0.3, -0.25) is 0 Å². The molecule has 0 aliphatic carbocycles. The van der Waals surface area contributed by atoms with Gasteiger partial charge in [0.1, 0.15) is 0 Å². The number of nitrogens with zero attached hydrogens (tertiary/aromatic N) is 1. The smallest absolute Gasteiger partial charge is 0.795 e. The Kier molecular flexibility index (Phi) is 9.36. The summed E-state index contributed by atoms with van der Waals surface area (Å²) in [7, 11) is 0. The molecule has 0 bridgehead atoms. The molecule has 3 nitrogen and oxygen atoms in total. The molecule has 2 aromatic rings. The zero-order chi connectivity index (χ0) is 15.2. The van der Waals surface area contributed by atoms with Crippen LogP contribution in [0.25, 0.3) is 10.2 Å².